The van der Waals surface area contributed by atoms with Crippen LogP contribution in [0.15, 0.2) is 42.7 Å². The number of carbonyl (C=O) groups excluding carboxylic acids is 1. The summed E-state index contributed by atoms with van der Waals surface area (Å²) in [7, 11) is 0. The minimum atomic E-state index is -0.361. The fraction of sp³-hybridized carbons (Fsp3) is 0.292. The first-order valence-electron chi connectivity index (χ1n) is 11.1. The zero-order chi connectivity index (χ0) is 23.5. The Bertz CT molecular complexity index is 1270. The second kappa shape index (κ2) is 10.2. The lowest BCUT2D eigenvalue weighted by Gasteiger charge is -2.16. The van der Waals surface area contributed by atoms with Gasteiger partial charge in [-0.05, 0) is 42.3 Å². The second-order valence-corrected chi connectivity index (χ2v) is 10.2. The molecule has 10 heteroatoms. The maximum absolute atomic E-state index is 13.2. The fourth-order valence-electron chi connectivity index (χ4n) is 4.07. The normalized spacial score (nSPS) is 14.2. The van der Waals surface area contributed by atoms with Crippen molar-refractivity contribution >= 4 is 43.8 Å². The van der Waals surface area contributed by atoms with Crippen LogP contribution >= 0.6 is 22.7 Å². The summed E-state index contributed by atoms with van der Waals surface area (Å²) in [5.74, 6) is -0.437. The average molecular weight is 498 g/mol. The summed E-state index contributed by atoms with van der Waals surface area (Å²) in [4.78, 5) is 23.0. The number of aliphatic hydroxyl groups is 1. The van der Waals surface area contributed by atoms with Gasteiger partial charge in [0.1, 0.15) is 21.3 Å². The number of nitrogens with zero attached hydrogens (tertiary/aromatic N) is 2. The monoisotopic (exact) mass is 497 g/mol. The quantitative estimate of drug-likeness (QED) is 0.295. The Labute approximate surface area is 204 Å². The number of hydrogen-bond donors (Lipinski definition) is 4. The van der Waals surface area contributed by atoms with Gasteiger partial charge < -0.3 is 21.1 Å². The number of aromatic nitrogens is 2. The van der Waals surface area contributed by atoms with Crippen molar-refractivity contribution in [3.63, 3.8) is 0 Å². The molecule has 0 radical (unpaired) electrons. The highest BCUT2D eigenvalue weighted by atomic mass is 32.1. The molecule has 0 saturated carbocycles. The highest BCUT2D eigenvalue weighted by Gasteiger charge is 2.25. The Morgan fingerprint density at radius 3 is 2.88 bits per heavy atom. The molecule has 1 amide bonds. The van der Waals surface area contributed by atoms with Crippen LogP contribution in [-0.4, -0.2) is 40.7 Å². The molecule has 4 heterocycles. The van der Waals surface area contributed by atoms with Gasteiger partial charge in [-0.25, -0.2) is 9.37 Å². The van der Waals surface area contributed by atoms with Crippen LogP contribution in [0.2, 0.25) is 0 Å². The molecular weight excluding hydrogens is 473 g/mol. The van der Waals surface area contributed by atoms with Crippen LogP contribution in [0, 0.1) is 5.82 Å². The largest absolute Gasteiger partial charge is 0.394 e. The third-order valence-corrected chi connectivity index (χ3v) is 7.98. The smallest absolute Gasteiger partial charge is 0.226 e. The Morgan fingerprint density at radius 1 is 1.24 bits per heavy atom. The molecule has 0 bridgehead atoms. The molecule has 5 rings (SSSR count). The van der Waals surface area contributed by atoms with Crippen LogP contribution in [0.1, 0.15) is 28.5 Å². The van der Waals surface area contributed by atoms with Crippen molar-refractivity contribution in [2.24, 2.45) is 0 Å². The molecule has 0 aliphatic carbocycles. The van der Waals surface area contributed by atoms with Crippen molar-refractivity contribution in [2.75, 3.05) is 25.0 Å². The Hall–Kier alpha value is -2.76. The van der Waals surface area contributed by atoms with Gasteiger partial charge in [-0.15, -0.1) is 22.7 Å². The number of pyridine rings is 1. The molecule has 4 N–H and O–H groups in total. The Balaban J connectivity index is 1.30. The zero-order valence-corrected chi connectivity index (χ0v) is 19.9. The van der Waals surface area contributed by atoms with Crippen molar-refractivity contribution in [3.8, 4) is 10.6 Å². The molecule has 0 fully saturated rings. The lowest BCUT2D eigenvalue weighted by molar-refractivity contribution is -0.116. The molecule has 0 saturated heterocycles. The molecule has 34 heavy (non-hydrogen) atoms. The molecular formula is C24H24FN5O2S2. The number of amides is 1. The van der Waals surface area contributed by atoms with Gasteiger partial charge in [-0.1, -0.05) is 12.1 Å². The Kier molecular flexibility index (Phi) is 6.93. The van der Waals surface area contributed by atoms with Crippen LogP contribution in [0.25, 0.3) is 20.8 Å². The predicted molar refractivity (Wildman–Crippen MR) is 134 cm³/mol. The summed E-state index contributed by atoms with van der Waals surface area (Å²) in [5, 5.41) is 21.1. The molecule has 1 atom stereocenters. The zero-order valence-electron chi connectivity index (χ0n) is 18.3. The van der Waals surface area contributed by atoms with Crippen LogP contribution in [0.4, 0.5) is 9.39 Å². The first-order chi connectivity index (χ1) is 16.6. The summed E-state index contributed by atoms with van der Waals surface area (Å²) >= 11 is 3.21. The molecule has 1 aliphatic heterocycles. The summed E-state index contributed by atoms with van der Waals surface area (Å²) in [6.07, 6.45) is 4.65. The van der Waals surface area contributed by atoms with Gasteiger partial charge in [0.25, 0.3) is 0 Å². The number of fused-ring (bicyclic) bond motifs is 2. The van der Waals surface area contributed by atoms with E-state index in [-0.39, 0.29) is 30.8 Å². The van der Waals surface area contributed by atoms with E-state index >= 15 is 0 Å². The third-order valence-electron chi connectivity index (χ3n) is 5.78. The van der Waals surface area contributed by atoms with Crippen molar-refractivity contribution in [1.29, 1.82) is 0 Å². The van der Waals surface area contributed by atoms with E-state index in [4.69, 9.17) is 4.98 Å². The van der Waals surface area contributed by atoms with Gasteiger partial charge in [-0.3, -0.25) is 9.78 Å². The third kappa shape index (κ3) is 4.86. The summed E-state index contributed by atoms with van der Waals surface area (Å²) in [6.45, 7) is 1.91. The number of thiophene rings is 1. The number of thiazole rings is 1. The molecule has 7 nitrogen and oxygen atoms in total. The van der Waals surface area contributed by atoms with Gasteiger partial charge >= 0.3 is 0 Å². The lowest BCUT2D eigenvalue weighted by atomic mass is 10.0. The van der Waals surface area contributed by atoms with E-state index in [1.54, 1.807) is 47.2 Å². The van der Waals surface area contributed by atoms with Crippen molar-refractivity contribution in [1.82, 2.24) is 20.6 Å². The van der Waals surface area contributed by atoms with Gasteiger partial charge in [0, 0.05) is 36.1 Å². The number of carbonyl (C=O) groups is 1. The number of aliphatic hydroxyl groups excluding tert-OH is 1. The minimum absolute atomic E-state index is 0.112. The number of benzene rings is 1. The van der Waals surface area contributed by atoms with E-state index < -0.39 is 0 Å². The molecule has 1 unspecified atom stereocenters. The topological polar surface area (TPSA) is 99.2 Å². The molecule has 0 spiro atoms. The van der Waals surface area contributed by atoms with Gasteiger partial charge in [0.2, 0.25) is 5.91 Å². The highest BCUT2D eigenvalue weighted by Crippen LogP contribution is 2.44. The Morgan fingerprint density at radius 2 is 2.09 bits per heavy atom. The molecule has 4 aromatic rings. The first kappa shape index (κ1) is 23.0. The van der Waals surface area contributed by atoms with Gasteiger partial charge in [0.05, 0.1) is 23.5 Å². The van der Waals surface area contributed by atoms with Crippen molar-refractivity contribution in [3.05, 3.63) is 64.5 Å². The van der Waals surface area contributed by atoms with Crippen LogP contribution in [-0.2, 0) is 17.8 Å². The number of nitrogens with one attached hydrogen (secondary N) is 3. The molecule has 1 aliphatic rings. The summed E-state index contributed by atoms with van der Waals surface area (Å²) in [6, 6.07) is 7.58. The van der Waals surface area contributed by atoms with E-state index in [9.17, 15) is 14.3 Å². The summed E-state index contributed by atoms with van der Waals surface area (Å²) < 4.78 is 14.2. The van der Waals surface area contributed by atoms with E-state index in [0.717, 1.165) is 50.9 Å². The predicted octanol–water partition coefficient (Wildman–Crippen LogP) is 3.86. The fourth-order valence-corrected chi connectivity index (χ4v) is 6.38. The highest BCUT2D eigenvalue weighted by molar-refractivity contribution is 7.22. The van der Waals surface area contributed by atoms with E-state index in [0.29, 0.717) is 6.54 Å². The molecule has 1 aromatic carbocycles. The summed E-state index contributed by atoms with van der Waals surface area (Å²) in [5.41, 5.74) is 3.90. The second-order valence-electron chi connectivity index (χ2n) is 8.04. The lowest BCUT2D eigenvalue weighted by Crippen LogP contribution is -2.28. The van der Waals surface area contributed by atoms with Crippen molar-refractivity contribution in [2.45, 2.75) is 25.4 Å². The standard InChI is InChI=1S/C24H24FN5O2S2/c25-15-3-1-14(2-4-15)18(13-31)28-10-7-21(32)30-24-22(16-5-8-27-12-20(16)34-24)23-29-17-11-26-9-6-19(17)33-23/h1-4,6,9,11,18,27-28,31H,5,7-8,10,12-13H2,(H,30,32). The van der Waals surface area contributed by atoms with Crippen LogP contribution < -0.4 is 16.0 Å². The van der Waals surface area contributed by atoms with Crippen LogP contribution in [0.5, 0.6) is 0 Å². The van der Waals surface area contributed by atoms with E-state index in [1.807, 2.05) is 6.07 Å². The maximum atomic E-state index is 13.2. The number of halogens is 1. The number of rotatable bonds is 8. The SMILES string of the molecule is O=C(CCNC(CO)c1ccc(F)cc1)Nc1sc2c(c1-c1nc3cnccc3s1)CCNC2. The number of anilines is 1. The molecule has 3 aromatic heterocycles. The van der Waals surface area contributed by atoms with E-state index in [1.165, 1.54) is 22.6 Å². The number of hydrogen-bond acceptors (Lipinski definition) is 8. The van der Waals surface area contributed by atoms with Crippen LogP contribution in [0.3, 0.4) is 0 Å². The maximum Gasteiger partial charge on any atom is 0.226 e. The minimum Gasteiger partial charge on any atom is -0.394 e. The van der Waals surface area contributed by atoms with Gasteiger partial charge in [-0.2, -0.15) is 0 Å². The van der Waals surface area contributed by atoms with Crippen molar-refractivity contribution < 1.29 is 14.3 Å². The molecule has 176 valence electrons. The first-order valence-corrected chi connectivity index (χ1v) is 12.7. The van der Waals surface area contributed by atoms with E-state index in [2.05, 4.69) is 20.9 Å². The average Bonchev–Trinajstić information content (AvgIpc) is 3.43. The van der Waals surface area contributed by atoms with Gasteiger partial charge in [0.15, 0.2) is 0 Å².